The zero-order valence-electron chi connectivity index (χ0n) is 7.79. The first kappa shape index (κ1) is 12.2. The largest absolute Gasteiger partial charge is 0.389 e. The molecule has 3 nitrogen and oxygen atoms in total. The minimum Gasteiger partial charge on any atom is -0.389 e. The monoisotopic (exact) mass is 195 g/mol. The number of hydrogen-bond donors (Lipinski definition) is 1. The van der Waals surface area contributed by atoms with Crippen LogP contribution in [0, 0.1) is 0 Å². The molecule has 0 aliphatic rings. The fraction of sp³-hybridized carbons (Fsp3) is 1.00. The second-order valence-electron chi connectivity index (χ2n) is 2.91. The quantitative estimate of drug-likeness (QED) is 0.603. The van der Waals surface area contributed by atoms with Crippen LogP contribution in [0.1, 0.15) is 6.42 Å². The average molecular weight is 196 g/mol. The van der Waals surface area contributed by atoms with Crippen molar-refractivity contribution >= 4 is 11.6 Å². The summed E-state index contributed by atoms with van der Waals surface area (Å²) < 4.78 is 4.81. The Morgan fingerprint density at radius 2 is 2.25 bits per heavy atom. The van der Waals surface area contributed by atoms with E-state index in [1.807, 2.05) is 11.9 Å². The van der Waals surface area contributed by atoms with Crippen LogP contribution >= 0.6 is 11.6 Å². The number of aliphatic hydroxyl groups is 1. The lowest BCUT2D eigenvalue weighted by molar-refractivity contribution is 0.0434. The summed E-state index contributed by atoms with van der Waals surface area (Å²) in [6.45, 7) is 1.96. The van der Waals surface area contributed by atoms with E-state index in [9.17, 15) is 5.11 Å². The first-order valence-corrected chi connectivity index (χ1v) is 4.65. The van der Waals surface area contributed by atoms with Gasteiger partial charge >= 0.3 is 0 Å². The van der Waals surface area contributed by atoms with Gasteiger partial charge in [0, 0.05) is 19.5 Å². The topological polar surface area (TPSA) is 32.7 Å². The second kappa shape index (κ2) is 7.80. The Kier molecular flexibility index (Phi) is 7.91. The molecule has 0 aromatic carbocycles. The highest BCUT2D eigenvalue weighted by Crippen LogP contribution is 1.93. The van der Waals surface area contributed by atoms with Crippen LogP contribution in [0.2, 0.25) is 0 Å². The Balaban J connectivity index is 3.33. The van der Waals surface area contributed by atoms with Gasteiger partial charge in [-0.25, -0.2) is 0 Å². The number of methoxy groups -OCH3 is 1. The second-order valence-corrected chi connectivity index (χ2v) is 3.29. The van der Waals surface area contributed by atoms with Crippen LogP contribution in [0.25, 0.3) is 0 Å². The summed E-state index contributed by atoms with van der Waals surface area (Å²) in [7, 11) is 3.55. The average Bonchev–Trinajstić information content (AvgIpc) is 2.01. The zero-order valence-corrected chi connectivity index (χ0v) is 8.55. The Morgan fingerprint density at radius 1 is 1.58 bits per heavy atom. The smallest absolute Gasteiger partial charge is 0.0899 e. The number of likely N-dealkylation sites (N-methyl/N-ethyl adjacent to an activating group) is 1. The van der Waals surface area contributed by atoms with Gasteiger partial charge in [-0.2, -0.15) is 0 Å². The molecule has 0 fully saturated rings. The SMILES string of the molecule is COCC(O)CN(C)CCCCl. The standard InChI is InChI=1S/C8H18ClNO2/c1-10(5-3-4-9)6-8(11)7-12-2/h8,11H,3-7H2,1-2H3. The van der Waals surface area contributed by atoms with E-state index in [0.717, 1.165) is 13.0 Å². The van der Waals surface area contributed by atoms with Crippen molar-refractivity contribution in [1.82, 2.24) is 4.90 Å². The fourth-order valence-electron chi connectivity index (χ4n) is 1.03. The van der Waals surface area contributed by atoms with E-state index < -0.39 is 6.10 Å². The van der Waals surface area contributed by atoms with Gasteiger partial charge in [0.1, 0.15) is 0 Å². The van der Waals surface area contributed by atoms with Gasteiger partial charge in [0.15, 0.2) is 0 Å². The van der Waals surface area contributed by atoms with Gasteiger partial charge in [-0.05, 0) is 20.0 Å². The fourth-order valence-corrected chi connectivity index (χ4v) is 1.15. The first-order chi connectivity index (χ1) is 5.70. The zero-order chi connectivity index (χ0) is 9.40. The molecule has 0 radical (unpaired) electrons. The molecular formula is C8H18ClNO2. The number of hydrogen-bond acceptors (Lipinski definition) is 3. The maximum Gasteiger partial charge on any atom is 0.0899 e. The van der Waals surface area contributed by atoms with E-state index in [-0.39, 0.29) is 0 Å². The molecule has 0 aromatic rings. The molecule has 0 amide bonds. The van der Waals surface area contributed by atoms with Crippen molar-refractivity contribution in [3.63, 3.8) is 0 Å². The molecule has 0 saturated heterocycles. The molecule has 1 unspecified atom stereocenters. The van der Waals surface area contributed by atoms with Gasteiger partial charge in [0.05, 0.1) is 12.7 Å². The van der Waals surface area contributed by atoms with Crippen LogP contribution in [0.3, 0.4) is 0 Å². The van der Waals surface area contributed by atoms with Crippen molar-refractivity contribution in [3.05, 3.63) is 0 Å². The molecule has 0 saturated carbocycles. The van der Waals surface area contributed by atoms with E-state index >= 15 is 0 Å². The number of rotatable bonds is 7. The summed E-state index contributed by atoms with van der Waals surface area (Å²) in [6.07, 6.45) is 0.563. The Morgan fingerprint density at radius 3 is 2.75 bits per heavy atom. The van der Waals surface area contributed by atoms with Gasteiger partial charge < -0.3 is 14.7 Å². The lowest BCUT2D eigenvalue weighted by atomic mass is 10.3. The molecule has 0 spiro atoms. The van der Waals surface area contributed by atoms with Crippen molar-refractivity contribution in [2.75, 3.05) is 39.7 Å². The van der Waals surface area contributed by atoms with Gasteiger partial charge in [0.25, 0.3) is 0 Å². The maximum absolute atomic E-state index is 9.32. The van der Waals surface area contributed by atoms with Crippen molar-refractivity contribution in [2.24, 2.45) is 0 Å². The third kappa shape index (κ3) is 6.85. The number of alkyl halides is 1. The highest BCUT2D eigenvalue weighted by Gasteiger charge is 2.06. The van der Waals surface area contributed by atoms with Crippen LogP contribution in [0.5, 0.6) is 0 Å². The molecule has 0 rings (SSSR count). The molecule has 0 aromatic heterocycles. The minimum absolute atomic E-state index is 0.393. The van der Waals surface area contributed by atoms with Crippen LogP contribution in [-0.4, -0.2) is 55.8 Å². The molecule has 0 bridgehead atoms. The number of ether oxygens (including phenoxy) is 1. The summed E-state index contributed by atoms with van der Waals surface area (Å²) in [5.41, 5.74) is 0. The van der Waals surface area contributed by atoms with E-state index in [0.29, 0.717) is 19.0 Å². The van der Waals surface area contributed by atoms with Crippen molar-refractivity contribution < 1.29 is 9.84 Å². The summed E-state index contributed by atoms with van der Waals surface area (Å²) in [6, 6.07) is 0. The summed E-state index contributed by atoms with van der Waals surface area (Å²) in [4.78, 5) is 2.05. The summed E-state index contributed by atoms with van der Waals surface area (Å²) in [5, 5.41) is 9.32. The van der Waals surface area contributed by atoms with Crippen LogP contribution in [0.15, 0.2) is 0 Å². The van der Waals surface area contributed by atoms with E-state index in [1.165, 1.54) is 0 Å². The molecule has 4 heteroatoms. The van der Waals surface area contributed by atoms with Crippen LogP contribution in [-0.2, 0) is 4.74 Å². The van der Waals surface area contributed by atoms with Crippen LogP contribution < -0.4 is 0 Å². The van der Waals surface area contributed by atoms with Crippen molar-refractivity contribution in [1.29, 1.82) is 0 Å². The van der Waals surface area contributed by atoms with E-state index in [2.05, 4.69) is 0 Å². The van der Waals surface area contributed by atoms with E-state index in [4.69, 9.17) is 16.3 Å². The molecule has 1 N–H and O–H groups in total. The van der Waals surface area contributed by atoms with Gasteiger partial charge in [0.2, 0.25) is 0 Å². The molecule has 0 aliphatic carbocycles. The summed E-state index contributed by atoms with van der Waals surface area (Å²) in [5.74, 6) is 0.671. The summed E-state index contributed by atoms with van der Waals surface area (Å²) >= 11 is 5.53. The Bertz CT molecular complexity index is 103. The lowest BCUT2D eigenvalue weighted by Gasteiger charge is -2.19. The molecule has 0 heterocycles. The van der Waals surface area contributed by atoms with E-state index in [1.54, 1.807) is 7.11 Å². The predicted molar refractivity (Wildman–Crippen MR) is 50.7 cm³/mol. The van der Waals surface area contributed by atoms with Crippen LogP contribution in [0.4, 0.5) is 0 Å². The molecule has 1 atom stereocenters. The molecule has 74 valence electrons. The molecule has 12 heavy (non-hydrogen) atoms. The normalized spacial score (nSPS) is 13.8. The third-order valence-electron chi connectivity index (χ3n) is 1.55. The lowest BCUT2D eigenvalue weighted by Crippen LogP contribution is -2.32. The van der Waals surface area contributed by atoms with Gasteiger partial charge in [-0.3, -0.25) is 0 Å². The van der Waals surface area contributed by atoms with Gasteiger partial charge in [-0.1, -0.05) is 0 Å². The minimum atomic E-state index is -0.393. The van der Waals surface area contributed by atoms with Crippen molar-refractivity contribution in [2.45, 2.75) is 12.5 Å². The Hall–Kier alpha value is 0.170. The maximum atomic E-state index is 9.32. The number of nitrogens with zero attached hydrogens (tertiary/aromatic N) is 1. The molecular weight excluding hydrogens is 178 g/mol. The Labute approximate surface area is 79.3 Å². The highest BCUT2D eigenvalue weighted by atomic mass is 35.5. The first-order valence-electron chi connectivity index (χ1n) is 4.12. The van der Waals surface area contributed by atoms with Crippen molar-refractivity contribution in [3.8, 4) is 0 Å². The third-order valence-corrected chi connectivity index (χ3v) is 1.82. The predicted octanol–water partition coefficient (Wildman–Crippen LogP) is 0.554. The number of aliphatic hydroxyl groups excluding tert-OH is 1. The molecule has 0 aliphatic heterocycles. The van der Waals surface area contributed by atoms with Gasteiger partial charge in [-0.15, -0.1) is 11.6 Å². The number of halogens is 1. The highest BCUT2D eigenvalue weighted by molar-refractivity contribution is 6.17.